The van der Waals surface area contributed by atoms with E-state index in [1.54, 1.807) is 7.11 Å². The maximum Gasteiger partial charge on any atom is 0.307 e. The fraction of sp³-hybridized carbons (Fsp3) is 0.222. The van der Waals surface area contributed by atoms with E-state index in [1.807, 2.05) is 53.4 Å². The smallest absolute Gasteiger partial charge is 0.307 e. The van der Waals surface area contributed by atoms with Gasteiger partial charge < -0.3 is 19.7 Å². The Morgan fingerprint density at radius 3 is 2.54 bits per heavy atom. The van der Waals surface area contributed by atoms with Gasteiger partial charge >= 0.3 is 5.97 Å². The number of nitrogens with zero attached hydrogens (tertiary/aromatic N) is 1. The molecule has 3 rings (SSSR count). The lowest BCUT2D eigenvalue weighted by molar-refractivity contribution is -0.141. The highest BCUT2D eigenvalue weighted by Crippen LogP contribution is 2.38. The SMILES string of the molecule is COC(=O)CC1c2ccccc2NC(=S)N1c1ccc(OC)cc1. The number of fused-ring (bicyclic) bond motifs is 1. The third-order valence-corrected chi connectivity index (χ3v) is 4.33. The molecule has 0 saturated heterocycles. The van der Waals surface area contributed by atoms with E-state index in [-0.39, 0.29) is 18.4 Å². The Morgan fingerprint density at radius 1 is 1.17 bits per heavy atom. The minimum Gasteiger partial charge on any atom is -0.497 e. The molecule has 0 saturated carbocycles. The molecule has 1 unspecified atom stereocenters. The Labute approximate surface area is 146 Å². The van der Waals surface area contributed by atoms with Gasteiger partial charge in [0.05, 0.1) is 26.7 Å². The average Bonchev–Trinajstić information content (AvgIpc) is 2.62. The molecular weight excluding hydrogens is 324 g/mol. The fourth-order valence-electron chi connectivity index (χ4n) is 2.84. The molecular formula is C18H18N2O3S. The van der Waals surface area contributed by atoms with Crippen molar-refractivity contribution in [1.82, 2.24) is 0 Å². The van der Waals surface area contributed by atoms with E-state index in [0.717, 1.165) is 22.7 Å². The first-order valence-electron chi connectivity index (χ1n) is 7.54. The molecule has 24 heavy (non-hydrogen) atoms. The number of methoxy groups -OCH3 is 2. The molecule has 6 heteroatoms. The van der Waals surface area contributed by atoms with Crippen LogP contribution >= 0.6 is 12.2 Å². The summed E-state index contributed by atoms with van der Waals surface area (Å²) in [5, 5.41) is 3.78. The van der Waals surface area contributed by atoms with Crippen molar-refractivity contribution in [3.8, 4) is 5.75 Å². The second-order valence-electron chi connectivity index (χ2n) is 5.38. The predicted molar refractivity (Wildman–Crippen MR) is 97.5 cm³/mol. The highest BCUT2D eigenvalue weighted by atomic mass is 32.1. The topological polar surface area (TPSA) is 50.8 Å². The number of para-hydroxylation sites is 1. The van der Waals surface area contributed by atoms with E-state index in [4.69, 9.17) is 21.7 Å². The van der Waals surface area contributed by atoms with Gasteiger partial charge in [0, 0.05) is 11.4 Å². The molecule has 1 aliphatic rings. The van der Waals surface area contributed by atoms with E-state index in [1.165, 1.54) is 7.11 Å². The lowest BCUT2D eigenvalue weighted by Gasteiger charge is -2.39. The number of hydrogen-bond donors (Lipinski definition) is 1. The standard InChI is InChI=1S/C18H18N2O3S/c1-22-13-9-7-12(8-10-13)20-16(11-17(21)23-2)14-5-3-4-6-15(14)19-18(20)24/h3-10,16H,11H2,1-2H3,(H,19,24). The van der Waals surface area contributed by atoms with Crippen LogP contribution in [-0.2, 0) is 9.53 Å². The number of ether oxygens (including phenoxy) is 2. The highest BCUT2D eigenvalue weighted by Gasteiger charge is 2.33. The first-order chi connectivity index (χ1) is 11.6. The number of rotatable bonds is 4. The summed E-state index contributed by atoms with van der Waals surface area (Å²) in [6.45, 7) is 0. The van der Waals surface area contributed by atoms with Crippen LogP contribution in [0.5, 0.6) is 5.75 Å². The highest BCUT2D eigenvalue weighted by molar-refractivity contribution is 7.80. The van der Waals surface area contributed by atoms with Crippen molar-refractivity contribution in [3.63, 3.8) is 0 Å². The number of carbonyl (C=O) groups excluding carboxylic acids is 1. The number of benzene rings is 2. The molecule has 0 aromatic heterocycles. The Balaban J connectivity index is 2.04. The monoisotopic (exact) mass is 342 g/mol. The van der Waals surface area contributed by atoms with Crippen molar-refractivity contribution < 1.29 is 14.3 Å². The van der Waals surface area contributed by atoms with Crippen molar-refractivity contribution in [2.24, 2.45) is 0 Å². The third-order valence-electron chi connectivity index (χ3n) is 4.03. The number of anilines is 2. The summed E-state index contributed by atoms with van der Waals surface area (Å²) in [5.74, 6) is 0.484. The number of hydrogen-bond acceptors (Lipinski definition) is 4. The zero-order chi connectivity index (χ0) is 17.1. The normalized spacial score (nSPS) is 16.2. The zero-order valence-corrected chi connectivity index (χ0v) is 14.3. The summed E-state index contributed by atoms with van der Waals surface area (Å²) in [7, 11) is 3.02. The summed E-state index contributed by atoms with van der Waals surface area (Å²) >= 11 is 5.54. The molecule has 5 nitrogen and oxygen atoms in total. The van der Waals surface area contributed by atoms with Gasteiger partial charge in [0.1, 0.15) is 5.75 Å². The van der Waals surface area contributed by atoms with Crippen LogP contribution in [0.2, 0.25) is 0 Å². The molecule has 2 aromatic carbocycles. The Bertz CT molecular complexity index is 761. The van der Waals surface area contributed by atoms with Gasteiger partial charge in [-0.25, -0.2) is 0 Å². The minimum absolute atomic E-state index is 0.210. The van der Waals surface area contributed by atoms with Gasteiger partial charge in [-0.2, -0.15) is 0 Å². The van der Waals surface area contributed by atoms with Crippen LogP contribution in [0.25, 0.3) is 0 Å². The molecule has 0 aliphatic carbocycles. The average molecular weight is 342 g/mol. The molecule has 0 bridgehead atoms. The lowest BCUT2D eigenvalue weighted by atomic mass is 9.97. The van der Waals surface area contributed by atoms with Crippen LogP contribution < -0.4 is 15.0 Å². The Kier molecular flexibility index (Phi) is 4.66. The van der Waals surface area contributed by atoms with Crippen LogP contribution in [0.15, 0.2) is 48.5 Å². The third kappa shape index (κ3) is 3.05. The van der Waals surface area contributed by atoms with Gasteiger partial charge in [-0.3, -0.25) is 4.79 Å². The van der Waals surface area contributed by atoms with Crippen molar-refractivity contribution in [2.45, 2.75) is 12.5 Å². The van der Waals surface area contributed by atoms with Crippen LogP contribution in [0, 0.1) is 0 Å². The van der Waals surface area contributed by atoms with Gasteiger partial charge in [0.15, 0.2) is 5.11 Å². The first kappa shape index (κ1) is 16.3. The minimum atomic E-state index is -0.280. The van der Waals surface area contributed by atoms with E-state index in [9.17, 15) is 4.79 Å². The molecule has 2 aromatic rings. The molecule has 0 spiro atoms. The molecule has 0 radical (unpaired) electrons. The largest absolute Gasteiger partial charge is 0.497 e. The zero-order valence-electron chi connectivity index (χ0n) is 13.5. The van der Waals surface area contributed by atoms with Gasteiger partial charge in [-0.05, 0) is 48.1 Å². The number of nitrogens with one attached hydrogen (secondary N) is 1. The molecule has 1 N–H and O–H groups in total. The second-order valence-corrected chi connectivity index (χ2v) is 5.77. The number of carbonyl (C=O) groups is 1. The molecule has 0 amide bonds. The summed E-state index contributed by atoms with van der Waals surface area (Å²) in [6, 6.07) is 15.2. The van der Waals surface area contributed by atoms with E-state index < -0.39 is 0 Å². The van der Waals surface area contributed by atoms with Crippen LogP contribution in [0.4, 0.5) is 11.4 Å². The van der Waals surface area contributed by atoms with Crippen molar-refractivity contribution in [2.75, 3.05) is 24.4 Å². The molecule has 124 valence electrons. The summed E-state index contributed by atoms with van der Waals surface area (Å²) in [6.07, 6.45) is 0.210. The summed E-state index contributed by atoms with van der Waals surface area (Å²) in [4.78, 5) is 13.9. The van der Waals surface area contributed by atoms with Gasteiger partial charge in [-0.15, -0.1) is 0 Å². The number of esters is 1. The van der Waals surface area contributed by atoms with Gasteiger partial charge in [0.2, 0.25) is 0 Å². The maximum atomic E-state index is 11.9. The number of thiocarbonyl (C=S) groups is 1. The van der Waals surface area contributed by atoms with Crippen LogP contribution in [0.3, 0.4) is 0 Å². The second kappa shape index (κ2) is 6.88. The van der Waals surface area contributed by atoms with E-state index in [2.05, 4.69) is 5.32 Å². The van der Waals surface area contributed by atoms with Crippen LogP contribution in [-0.4, -0.2) is 25.3 Å². The molecule has 1 aliphatic heterocycles. The van der Waals surface area contributed by atoms with Gasteiger partial charge in [-0.1, -0.05) is 18.2 Å². The van der Waals surface area contributed by atoms with Crippen molar-refractivity contribution in [1.29, 1.82) is 0 Å². The first-order valence-corrected chi connectivity index (χ1v) is 7.95. The predicted octanol–water partition coefficient (Wildman–Crippen LogP) is 3.52. The van der Waals surface area contributed by atoms with Crippen molar-refractivity contribution >= 4 is 34.7 Å². The van der Waals surface area contributed by atoms with E-state index >= 15 is 0 Å². The quantitative estimate of drug-likeness (QED) is 0.678. The molecule has 1 atom stereocenters. The molecule has 0 fully saturated rings. The summed E-state index contributed by atoms with van der Waals surface area (Å²) < 4.78 is 10.1. The van der Waals surface area contributed by atoms with Crippen molar-refractivity contribution in [3.05, 3.63) is 54.1 Å². The Morgan fingerprint density at radius 2 is 1.88 bits per heavy atom. The van der Waals surface area contributed by atoms with Gasteiger partial charge in [0.25, 0.3) is 0 Å². The summed E-state index contributed by atoms with van der Waals surface area (Å²) in [5.41, 5.74) is 2.81. The van der Waals surface area contributed by atoms with E-state index in [0.29, 0.717) is 5.11 Å². The maximum absolute atomic E-state index is 11.9. The van der Waals surface area contributed by atoms with Crippen LogP contribution in [0.1, 0.15) is 18.0 Å². The lowest BCUT2D eigenvalue weighted by Crippen LogP contribution is -2.43. The molecule has 1 heterocycles. The Hall–Kier alpha value is -2.60. The fourth-order valence-corrected chi connectivity index (χ4v) is 3.18.